The highest BCUT2D eigenvalue weighted by Gasteiger charge is 2.11. The van der Waals surface area contributed by atoms with E-state index in [1.807, 2.05) is 68.7 Å². The summed E-state index contributed by atoms with van der Waals surface area (Å²) in [6, 6.07) is 7.70. The molecule has 152 valence electrons. The molecule has 0 amide bonds. The molecule has 0 atom stereocenters. The van der Waals surface area contributed by atoms with Crippen LogP contribution in [-0.4, -0.2) is 26.4 Å². The van der Waals surface area contributed by atoms with Crippen LogP contribution in [0.3, 0.4) is 0 Å². The van der Waals surface area contributed by atoms with Gasteiger partial charge in [0.05, 0.1) is 9.99 Å². The summed E-state index contributed by atoms with van der Waals surface area (Å²) >= 11 is 9.52. The van der Waals surface area contributed by atoms with Gasteiger partial charge in [-0.3, -0.25) is 0 Å². The first-order chi connectivity index (χ1) is 14.5. The Balaban J connectivity index is 1.53. The Morgan fingerprint density at radius 2 is 2.13 bits per heavy atom. The molecule has 4 rings (SSSR count). The van der Waals surface area contributed by atoms with E-state index in [-0.39, 0.29) is 0 Å². The van der Waals surface area contributed by atoms with Crippen molar-refractivity contribution in [1.82, 2.24) is 19.9 Å². The van der Waals surface area contributed by atoms with E-state index < -0.39 is 0 Å². The minimum absolute atomic E-state index is 0.363. The molecule has 1 aliphatic heterocycles. The van der Waals surface area contributed by atoms with Crippen molar-refractivity contribution in [3.8, 4) is 5.75 Å². The molecule has 1 aliphatic rings. The zero-order chi connectivity index (χ0) is 21.1. The molecule has 0 radical (unpaired) electrons. The molecular formula is C22H19BrClN5O. The maximum atomic E-state index is 6.15. The largest absolute Gasteiger partial charge is 0.457 e. The van der Waals surface area contributed by atoms with Crippen molar-refractivity contribution < 1.29 is 4.74 Å². The molecule has 0 bridgehead atoms. The van der Waals surface area contributed by atoms with Gasteiger partial charge in [-0.1, -0.05) is 17.7 Å². The molecule has 0 fully saturated rings. The molecule has 0 saturated carbocycles. The summed E-state index contributed by atoms with van der Waals surface area (Å²) in [4.78, 5) is 15.1. The maximum absolute atomic E-state index is 6.15. The number of halogens is 2. The second-order valence-corrected chi connectivity index (χ2v) is 7.87. The van der Waals surface area contributed by atoms with Crippen molar-refractivity contribution in [3.05, 3.63) is 82.2 Å². The number of anilines is 2. The summed E-state index contributed by atoms with van der Waals surface area (Å²) < 4.78 is 6.75. The fraction of sp³-hybridized carbons (Fsp3) is 0.136. The van der Waals surface area contributed by atoms with Gasteiger partial charge in [0.1, 0.15) is 28.5 Å². The maximum Gasteiger partial charge on any atom is 0.160 e. The molecule has 1 aromatic carbocycles. The molecule has 2 aromatic heterocycles. The molecule has 0 spiro atoms. The number of ether oxygens (including phenoxy) is 1. The average molecular weight is 485 g/mol. The first-order valence-corrected chi connectivity index (χ1v) is 10.5. The Hall–Kier alpha value is -2.90. The number of pyridine rings is 1. The number of allylic oxidation sites excluding steroid dienone is 2. The van der Waals surface area contributed by atoms with Crippen LogP contribution in [-0.2, 0) is 0 Å². The van der Waals surface area contributed by atoms with Gasteiger partial charge in [0.25, 0.3) is 0 Å². The third-order valence-electron chi connectivity index (χ3n) is 4.46. The van der Waals surface area contributed by atoms with E-state index in [0.29, 0.717) is 26.5 Å². The van der Waals surface area contributed by atoms with Crippen molar-refractivity contribution in [1.29, 1.82) is 0 Å². The van der Waals surface area contributed by atoms with Crippen LogP contribution in [0.2, 0.25) is 5.15 Å². The van der Waals surface area contributed by atoms with Crippen LogP contribution in [0.5, 0.6) is 5.75 Å². The zero-order valence-electron chi connectivity index (χ0n) is 16.4. The number of fused-ring (bicyclic) bond motifs is 1. The van der Waals surface area contributed by atoms with Crippen LogP contribution in [0.25, 0.3) is 11.0 Å². The molecule has 0 aliphatic carbocycles. The molecule has 1 N–H and O–H groups in total. The predicted molar refractivity (Wildman–Crippen MR) is 124 cm³/mol. The lowest BCUT2D eigenvalue weighted by molar-refractivity contribution is 0.422. The standard InChI is InChI=1S/C22H19BrClN5O/c1-3-8-29-9-6-16(7-10-29)30-19-5-4-15(11-14(19)2)27-22-20-18(25-13-26-22)12-17(23)21(24)28-20/h3-9,11-13H,10H2,1-2H3,(H,25,26,27)/b8-3-. The summed E-state index contributed by atoms with van der Waals surface area (Å²) in [6.07, 6.45) is 11.5. The Morgan fingerprint density at radius 3 is 2.87 bits per heavy atom. The second-order valence-electron chi connectivity index (χ2n) is 6.66. The van der Waals surface area contributed by atoms with Gasteiger partial charge in [-0.2, -0.15) is 0 Å². The van der Waals surface area contributed by atoms with Crippen LogP contribution in [0.1, 0.15) is 12.5 Å². The second kappa shape index (κ2) is 8.85. The Bertz CT molecular complexity index is 1190. The highest BCUT2D eigenvalue weighted by molar-refractivity contribution is 9.10. The number of benzene rings is 1. The highest BCUT2D eigenvalue weighted by atomic mass is 79.9. The summed E-state index contributed by atoms with van der Waals surface area (Å²) in [5, 5.41) is 3.66. The first-order valence-electron chi connectivity index (χ1n) is 9.32. The summed E-state index contributed by atoms with van der Waals surface area (Å²) in [7, 11) is 0. The fourth-order valence-corrected chi connectivity index (χ4v) is 3.45. The number of rotatable bonds is 5. The van der Waals surface area contributed by atoms with Gasteiger partial charge in [-0.25, -0.2) is 15.0 Å². The number of nitrogens with zero attached hydrogens (tertiary/aromatic N) is 4. The number of aryl methyl sites for hydroxylation is 1. The lowest BCUT2D eigenvalue weighted by atomic mass is 10.2. The van der Waals surface area contributed by atoms with E-state index in [1.165, 1.54) is 6.33 Å². The van der Waals surface area contributed by atoms with Gasteiger partial charge in [-0.15, -0.1) is 0 Å². The van der Waals surface area contributed by atoms with Crippen LogP contribution in [0.15, 0.2) is 71.5 Å². The lowest BCUT2D eigenvalue weighted by Gasteiger charge is -2.19. The lowest BCUT2D eigenvalue weighted by Crippen LogP contribution is -2.14. The zero-order valence-corrected chi connectivity index (χ0v) is 18.8. The van der Waals surface area contributed by atoms with Crippen LogP contribution < -0.4 is 10.1 Å². The number of nitrogens with one attached hydrogen (secondary N) is 1. The molecule has 30 heavy (non-hydrogen) atoms. The van der Waals surface area contributed by atoms with E-state index in [9.17, 15) is 0 Å². The fourth-order valence-electron chi connectivity index (χ4n) is 3.01. The minimum Gasteiger partial charge on any atom is -0.457 e. The Kier molecular flexibility index (Phi) is 6.01. The first kappa shape index (κ1) is 20.4. The Morgan fingerprint density at radius 1 is 1.27 bits per heavy atom. The van der Waals surface area contributed by atoms with Gasteiger partial charge in [0.15, 0.2) is 5.82 Å². The molecule has 8 heteroatoms. The van der Waals surface area contributed by atoms with Gasteiger partial charge in [-0.05, 0) is 78.0 Å². The summed E-state index contributed by atoms with van der Waals surface area (Å²) in [6.45, 7) is 4.78. The molecule has 3 heterocycles. The molecule has 0 unspecified atom stereocenters. The summed E-state index contributed by atoms with van der Waals surface area (Å²) in [5.74, 6) is 2.21. The van der Waals surface area contributed by atoms with Crippen molar-refractivity contribution in [3.63, 3.8) is 0 Å². The molecule has 3 aromatic rings. The normalized spacial score (nSPS) is 13.7. The topological polar surface area (TPSA) is 63.2 Å². The quantitative estimate of drug-likeness (QED) is 0.440. The molecule has 6 nitrogen and oxygen atoms in total. The smallest absolute Gasteiger partial charge is 0.160 e. The van der Waals surface area contributed by atoms with E-state index in [1.54, 1.807) is 0 Å². The van der Waals surface area contributed by atoms with Gasteiger partial charge in [0.2, 0.25) is 0 Å². The minimum atomic E-state index is 0.363. The van der Waals surface area contributed by atoms with E-state index >= 15 is 0 Å². The SMILES string of the molecule is C/C=C\N1C=CC(Oc2ccc(Nc3ncnc4cc(Br)c(Cl)nc34)cc2C)=CC1. The van der Waals surface area contributed by atoms with Crippen LogP contribution >= 0.6 is 27.5 Å². The average Bonchev–Trinajstić information content (AvgIpc) is 2.73. The monoisotopic (exact) mass is 483 g/mol. The van der Waals surface area contributed by atoms with Crippen molar-refractivity contribution in [2.75, 3.05) is 11.9 Å². The number of hydrogen-bond donors (Lipinski definition) is 1. The molecular weight excluding hydrogens is 466 g/mol. The number of hydrogen-bond acceptors (Lipinski definition) is 6. The molecule has 0 saturated heterocycles. The van der Waals surface area contributed by atoms with E-state index in [2.05, 4.69) is 41.1 Å². The van der Waals surface area contributed by atoms with Crippen molar-refractivity contribution >= 4 is 50.1 Å². The van der Waals surface area contributed by atoms with E-state index in [0.717, 1.165) is 29.3 Å². The van der Waals surface area contributed by atoms with Crippen molar-refractivity contribution in [2.24, 2.45) is 0 Å². The third kappa shape index (κ3) is 4.47. The predicted octanol–water partition coefficient (Wildman–Crippen LogP) is 6.12. The van der Waals surface area contributed by atoms with Crippen LogP contribution in [0, 0.1) is 6.92 Å². The third-order valence-corrected chi connectivity index (χ3v) is 5.58. The van der Waals surface area contributed by atoms with Gasteiger partial charge < -0.3 is 15.0 Å². The van der Waals surface area contributed by atoms with Gasteiger partial charge in [0, 0.05) is 18.4 Å². The highest BCUT2D eigenvalue weighted by Crippen LogP contribution is 2.30. The number of aromatic nitrogens is 3. The van der Waals surface area contributed by atoms with Gasteiger partial charge >= 0.3 is 0 Å². The Labute approximate surface area is 188 Å². The van der Waals surface area contributed by atoms with Crippen molar-refractivity contribution in [2.45, 2.75) is 13.8 Å². The van der Waals surface area contributed by atoms with Crippen LogP contribution in [0.4, 0.5) is 11.5 Å². The van der Waals surface area contributed by atoms with E-state index in [4.69, 9.17) is 16.3 Å². The summed E-state index contributed by atoms with van der Waals surface area (Å²) in [5.41, 5.74) is 3.17.